The van der Waals surface area contributed by atoms with Crippen molar-refractivity contribution in [2.24, 2.45) is 5.92 Å². The van der Waals surface area contributed by atoms with Crippen molar-refractivity contribution >= 4 is 0 Å². The number of aryl methyl sites for hydroxylation is 1. The molecule has 2 atom stereocenters. The Labute approximate surface area is 92.3 Å². The zero-order valence-electron chi connectivity index (χ0n) is 10.3. The maximum atomic E-state index is 4.37. The van der Waals surface area contributed by atoms with Crippen LogP contribution in [-0.2, 0) is 0 Å². The van der Waals surface area contributed by atoms with Gasteiger partial charge in [0.2, 0.25) is 0 Å². The van der Waals surface area contributed by atoms with Crippen LogP contribution in [0.15, 0.2) is 12.4 Å². The number of nitrogens with zero attached hydrogens (tertiary/aromatic N) is 2. The standard InChI is InChI=1S/C12H21N3/c1-8(2)9(3)15-11(5)12-10(4)13-6-7-14-12/h6-9,11,15H,1-5H3. The highest BCUT2D eigenvalue weighted by atomic mass is 15.0. The van der Waals surface area contributed by atoms with Gasteiger partial charge in [-0.05, 0) is 26.7 Å². The van der Waals surface area contributed by atoms with E-state index in [-0.39, 0.29) is 6.04 Å². The van der Waals surface area contributed by atoms with Crippen molar-refractivity contribution in [3.05, 3.63) is 23.8 Å². The summed E-state index contributed by atoms with van der Waals surface area (Å²) in [5, 5.41) is 3.53. The number of aromatic nitrogens is 2. The molecule has 3 heteroatoms. The second-order valence-corrected chi connectivity index (χ2v) is 4.45. The van der Waals surface area contributed by atoms with Crippen molar-refractivity contribution in [3.63, 3.8) is 0 Å². The van der Waals surface area contributed by atoms with Crippen LogP contribution in [-0.4, -0.2) is 16.0 Å². The van der Waals surface area contributed by atoms with E-state index in [1.165, 1.54) is 0 Å². The molecule has 1 aromatic heterocycles. The molecule has 0 radical (unpaired) electrons. The van der Waals surface area contributed by atoms with Crippen LogP contribution in [0.1, 0.15) is 45.1 Å². The third-order valence-corrected chi connectivity index (χ3v) is 2.84. The van der Waals surface area contributed by atoms with Crippen LogP contribution in [0, 0.1) is 12.8 Å². The van der Waals surface area contributed by atoms with Gasteiger partial charge in [0.15, 0.2) is 0 Å². The lowest BCUT2D eigenvalue weighted by Gasteiger charge is -2.23. The molecule has 84 valence electrons. The van der Waals surface area contributed by atoms with Gasteiger partial charge in [-0.1, -0.05) is 13.8 Å². The Bertz CT molecular complexity index is 309. The highest BCUT2D eigenvalue weighted by molar-refractivity contribution is 5.12. The quantitative estimate of drug-likeness (QED) is 0.824. The summed E-state index contributed by atoms with van der Waals surface area (Å²) in [6.45, 7) is 10.8. The lowest BCUT2D eigenvalue weighted by molar-refractivity contribution is 0.384. The molecule has 0 bridgehead atoms. The minimum atomic E-state index is 0.260. The molecular weight excluding hydrogens is 186 g/mol. The van der Waals surface area contributed by atoms with Crippen molar-refractivity contribution in [1.29, 1.82) is 0 Å². The van der Waals surface area contributed by atoms with Gasteiger partial charge in [-0.2, -0.15) is 0 Å². The first-order chi connectivity index (χ1) is 7.02. The third kappa shape index (κ3) is 3.27. The van der Waals surface area contributed by atoms with Crippen molar-refractivity contribution in [2.45, 2.75) is 46.7 Å². The molecule has 3 nitrogen and oxygen atoms in total. The first kappa shape index (κ1) is 12.1. The molecule has 1 N–H and O–H groups in total. The van der Waals surface area contributed by atoms with Crippen molar-refractivity contribution in [1.82, 2.24) is 15.3 Å². The average Bonchev–Trinajstić information content (AvgIpc) is 2.18. The van der Waals surface area contributed by atoms with E-state index in [0.717, 1.165) is 11.4 Å². The predicted octanol–water partition coefficient (Wildman–Crippen LogP) is 2.48. The highest BCUT2D eigenvalue weighted by Gasteiger charge is 2.14. The van der Waals surface area contributed by atoms with Crippen molar-refractivity contribution in [3.8, 4) is 0 Å². The lowest BCUT2D eigenvalue weighted by atomic mass is 10.0. The van der Waals surface area contributed by atoms with E-state index in [9.17, 15) is 0 Å². The molecule has 2 unspecified atom stereocenters. The van der Waals surface area contributed by atoms with Crippen molar-refractivity contribution < 1.29 is 0 Å². The van der Waals surface area contributed by atoms with E-state index in [1.54, 1.807) is 12.4 Å². The molecule has 0 saturated carbocycles. The molecule has 0 aliphatic rings. The van der Waals surface area contributed by atoms with Crippen LogP contribution in [0.3, 0.4) is 0 Å². The summed E-state index contributed by atoms with van der Waals surface area (Å²) in [7, 11) is 0. The average molecular weight is 207 g/mol. The first-order valence-electron chi connectivity index (χ1n) is 5.56. The fourth-order valence-electron chi connectivity index (χ4n) is 1.51. The van der Waals surface area contributed by atoms with Gasteiger partial charge in [0, 0.05) is 24.5 Å². The Balaban J connectivity index is 2.69. The summed E-state index contributed by atoms with van der Waals surface area (Å²) in [4.78, 5) is 8.62. The lowest BCUT2D eigenvalue weighted by Crippen LogP contribution is -2.33. The molecule has 0 spiro atoms. The van der Waals surface area contributed by atoms with Gasteiger partial charge in [-0.25, -0.2) is 0 Å². The summed E-state index contributed by atoms with van der Waals surface area (Å²) in [6.07, 6.45) is 3.48. The zero-order chi connectivity index (χ0) is 11.4. The first-order valence-corrected chi connectivity index (χ1v) is 5.56. The Kier molecular flexibility index (Phi) is 4.21. The molecule has 0 amide bonds. The SMILES string of the molecule is Cc1nccnc1C(C)NC(C)C(C)C. The zero-order valence-corrected chi connectivity index (χ0v) is 10.3. The van der Waals surface area contributed by atoms with Gasteiger partial charge < -0.3 is 5.32 Å². The van der Waals surface area contributed by atoms with Gasteiger partial charge in [-0.3, -0.25) is 9.97 Å². The maximum absolute atomic E-state index is 4.37. The van der Waals surface area contributed by atoms with E-state index in [2.05, 4.69) is 43.0 Å². The monoisotopic (exact) mass is 207 g/mol. The van der Waals surface area contributed by atoms with Crippen LogP contribution < -0.4 is 5.32 Å². The van der Waals surface area contributed by atoms with Crippen LogP contribution in [0.4, 0.5) is 0 Å². The summed E-state index contributed by atoms with van der Waals surface area (Å²) >= 11 is 0. The second-order valence-electron chi connectivity index (χ2n) is 4.45. The molecule has 1 heterocycles. The van der Waals surface area contributed by atoms with Gasteiger partial charge >= 0.3 is 0 Å². The predicted molar refractivity (Wildman–Crippen MR) is 62.6 cm³/mol. The number of hydrogen-bond acceptors (Lipinski definition) is 3. The van der Waals surface area contributed by atoms with E-state index in [1.807, 2.05) is 6.92 Å². The van der Waals surface area contributed by atoms with E-state index in [0.29, 0.717) is 12.0 Å². The van der Waals surface area contributed by atoms with Crippen LogP contribution >= 0.6 is 0 Å². The molecule has 0 fully saturated rings. The van der Waals surface area contributed by atoms with Crippen LogP contribution in [0.5, 0.6) is 0 Å². The summed E-state index contributed by atoms with van der Waals surface area (Å²) in [5.41, 5.74) is 2.05. The molecule has 0 aromatic carbocycles. The van der Waals surface area contributed by atoms with Gasteiger partial charge in [0.1, 0.15) is 0 Å². The molecular formula is C12H21N3. The number of hydrogen-bond donors (Lipinski definition) is 1. The Morgan fingerprint density at radius 2 is 1.67 bits per heavy atom. The Morgan fingerprint density at radius 3 is 2.20 bits per heavy atom. The molecule has 15 heavy (non-hydrogen) atoms. The molecule has 1 rings (SSSR count). The molecule has 1 aromatic rings. The Hall–Kier alpha value is -0.960. The van der Waals surface area contributed by atoms with Crippen LogP contribution in [0.2, 0.25) is 0 Å². The molecule has 0 saturated heterocycles. The Morgan fingerprint density at radius 1 is 1.07 bits per heavy atom. The van der Waals surface area contributed by atoms with Crippen LogP contribution in [0.25, 0.3) is 0 Å². The molecule has 0 aliphatic heterocycles. The summed E-state index contributed by atoms with van der Waals surface area (Å²) in [6, 6.07) is 0.748. The highest BCUT2D eigenvalue weighted by Crippen LogP contribution is 2.14. The number of rotatable bonds is 4. The number of nitrogens with one attached hydrogen (secondary N) is 1. The summed E-state index contributed by atoms with van der Waals surface area (Å²) < 4.78 is 0. The largest absolute Gasteiger partial charge is 0.306 e. The second kappa shape index (κ2) is 5.21. The normalized spacial score (nSPS) is 15.3. The third-order valence-electron chi connectivity index (χ3n) is 2.84. The fraction of sp³-hybridized carbons (Fsp3) is 0.667. The van der Waals surface area contributed by atoms with Gasteiger partial charge in [0.05, 0.1) is 11.4 Å². The van der Waals surface area contributed by atoms with E-state index in [4.69, 9.17) is 0 Å². The molecule has 0 aliphatic carbocycles. The summed E-state index contributed by atoms with van der Waals surface area (Å²) in [5.74, 6) is 0.629. The van der Waals surface area contributed by atoms with Gasteiger partial charge in [-0.15, -0.1) is 0 Å². The minimum Gasteiger partial charge on any atom is -0.306 e. The van der Waals surface area contributed by atoms with Gasteiger partial charge in [0.25, 0.3) is 0 Å². The minimum absolute atomic E-state index is 0.260. The smallest absolute Gasteiger partial charge is 0.0782 e. The fourth-order valence-corrected chi connectivity index (χ4v) is 1.51. The maximum Gasteiger partial charge on any atom is 0.0782 e. The van der Waals surface area contributed by atoms with E-state index < -0.39 is 0 Å². The van der Waals surface area contributed by atoms with E-state index >= 15 is 0 Å². The topological polar surface area (TPSA) is 37.8 Å². The van der Waals surface area contributed by atoms with Crippen molar-refractivity contribution in [2.75, 3.05) is 0 Å².